The van der Waals surface area contributed by atoms with Gasteiger partial charge in [-0.05, 0) is 44.0 Å². The molecule has 0 N–H and O–H groups in total. The molecule has 0 unspecified atom stereocenters. The first-order chi connectivity index (χ1) is 9.45. The Morgan fingerprint density at radius 2 is 1.80 bits per heavy atom. The molecular weight excluding hydrogens is 276 g/mol. The van der Waals surface area contributed by atoms with Crippen molar-refractivity contribution in [2.24, 2.45) is 5.92 Å². The second-order valence-corrected chi connectivity index (χ2v) is 6.86. The van der Waals surface area contributed by atoms with E-state index in [-0.39, 0.29) is 16.6 Å². The zero-order valence-corrected chi connectivity index (χ0v) is 12.1. The highest BCUT2D eigenvalue weighted by Gasteiger charge is 2.30. The average molecular weight is 292 g/mol. The lowest BCUT2D eigenvalue weighted by Crippen LogP contribution is -2.39. The van der Waals surface area contributed by atoms with Gasteiger partial charge in [0.1, 0.15) is 5.78 Å². The van der Waals surface area contributed by atoms with Gasteiger partial charge in [0, 0.05) is 19.0 Å². The molecule has 1 aliphatic rings. The number of Topliss-reactive ketones (excluding diaryl/α,β-unsaturated/α-hetero) is 1. The molecule has 106 valence electrons. The van der Waals surface area contributed by atoms with Gasteiger partial charge in [-0.2, -0.15) is 9.57 Å². The van der Waals surface area contributed by atoms with Gasteiger partial charge in [-0.3, -0.25) is 4.79 Å². The summed E-state index contributed by atoms with van der Waals surface area (Å²) >= 11 is 0. The fraction of sp³-hybridized carbons (Fsp3) is 0.429. The van der Waals surface area contributed by atoms with Crippen LogP contribution in [0.1, 0.15) is 25.3 Å². The van der Waals surface area contributed by atoms with E-state index in [1.807, 2.05) is 6.07 Å². The molecule has 0 aromatic heterocycles. The van der Waals surface area contributed by atoms with Crippen LogP contribution in [0.5, 0.6) is 0 Å². The Morgan fingerprint density at radius 1 is 1.25 bits per heavy atom. The second-order valence-electron chi connectivity index (χ2n) is 4.93. The molecule has 1 aromatic carbocycles. The summed E-state index contributed by atoms with van der Waals surface area (Å²) in [5.74, 6) is 0.0998. The van der Waals surface area contributed by atoms with Crippen molar-refractivity contribution < 1.29 is 13.2 Å². The SMILES string of the molecule is CC(=O)C1CCN(S(=O)(=O)c2ccc(C#N)cc2)CC1. The van der Waals surface area contributed by atoms with E-state index >= 15 is 0 Å². The highest BCUT2D eigenvalue weighted by molar-refractivity contribution is 7.89. The highest BCUT2D eigenvalue weighted by Crippen LogP contribution is 2.24. The van der Waals surface area contributed by atoms with E-state index in [0.717, 1.165) is 0 Å². The number of carbonyl (C=O) groups excluding carboxylic acids is 1. The van der Waals surface area contributed by atoms with Crippen molar-refractivity contribution in [3.05, 3.63) is 29.8 Å². The molecule has 1 aliphatic heterocycles. The zero-order valence-electron chi connectivity index (χ0n) is 11.2. The van der Waals surface area contributed by atoms with Crippen LogP contribution in [-0.4, -0.2) is 31.6 Å². The highest BCUT2D eigenvalue weighted by atomic mass is 32.2. The average Bonchev–Trinajstić information content (AvgIpc) is 2.47. The van der Waals surface area contributed by atoms with Crippen molar-refractivity contribution in [2.45, 2.75) is 24.7 Å². The summed E-state index contributed by atoms with van der Waals surface area (Å²) in [6.45, 7) is 2.29. The predicted octanol–water partition coefficient (Wildman–Crippen LogP) is 1.55. The van der Waals surface area contributed by atoms with E-state index in [1.165, 1.54) is 28.6 Å². The first-order valence-corrected chi connectivity index (χ1v) is 7.90. The van der Waals surface area contributed by atoms with Gasteiger partial charge in [-0.15, -0.1) is 0 Å². The third kappa shape index (κ3) is 2.89. The summed E-state index contributed by atoms with van der Waals surface area (Å²) in [6.07, 6.45) is 1.15. The fourth-order valence-electron chi connectivity index (χ4n) is 2.35. The fourth-order valence-corrected chi connectivity index (χ4v) is 3.82. The number of ketones is 1. The van der Waals surface area contributed by atoms with Crippen LogP contribution in [0.15, 0.2) is 29.2 Å². The Morgan fingerprint density at radius 3 is 2.25 bits per heavy atom. The molecule has 0 aliphatic carbocycles. The molecular formula is C14H16N2O3S. The Kier molecular flexibility index (Phi) is 4.21. The summed E-state index contributed by atoms with van der Waals surface area (Å²) in [4.78, 5) is 11.5. The zero-order chi connectivity index (χ0) is 14.8. The largest absolute Gasteiger partial charge is 0.300 e. The summed E-state index contributed by atoms with van der Waals surface area (Å²) in [5, 5.41) is 8.72. The topological polar surface area (TPSA) is 78.2 Å². The molecule has 0 amide bonds. The molecule has 0 bridgehead atoms. The Labute approximate surface area is 118 Å². The molecule has 1 heterocycles. The van der Waals surface area contributed by atoms with Crippen molar-refractivity contribution in [1.29, 1.82) is 5.26 Å². The number of hydrogen-bond donors (Lipinski definition) is 0. The molecule has 1 saturated heterocycles. The van der Waals surface area contributed by atoms with E-state index in [0.29, 0.717) is 31.5 Å². The monoisotopic (exact) mass is 292 g/mol. The van der Waals surface area contributed by atoms with E-state index in [9.17, 15) is 13.2 Å². The normalized spacial score (nSPS) is 17.6. The van der Waals surface area contributed by atoms with Crippen LogP contribution >= 0.6 is 0 Å². The number of nitrogens with zero attached hydrogens (tertiary/aromatic N) is 2. The number of piperidine rings is 1. The third-order valence-corrected chi connectivity index (χ3v) is 5.56. The van der Waals surface area contributed by atoms with Crippen molar-refractivity contribution in [3.8, 4) is 6.07 Å². The first kappa shape index (κ1) is 14.7. The molecule has 1 aromatic rings. The lowest BCUT2D eigenvalue weighted by atomic mass is 9.95. The van der Waals surface area contributed by atoms with Crippen molar-refractivity contribution in [1.82, 2.24) is 4.31 Å². The van der Waals surface area contributed by atoms with Crippen LogP contribution < -0.4 is 0 Å². The summed E-state index contributed by atoms with van der Waals surface area (Å²) in [5.41, 5.74) is 0.430. The van der Waals surface area contributed by atoms with E-state index in [2.05, 4.69) is 0 Å². The lowest BCUT2D eigenvalue weighted by molar-refractivity contribution is -0.121. The number of rotatable bonds is 3. The maximum atomic E-state index is 12.4. The molecule has 6 heteroatoms. The molecule has 0 atom stereocenters. The number of nitriles is 1. The molecule has 0 spiro atoms. The summed E-state index contributed by atoms with van der Waals surface area (Å²) in [6, 6.07) is 7.85. The Bertz CT molecular complexity index is 636. The maximum absolute atomic E-state index is 12.4. The first-order valence-electron chi connectivity index (χ1n) is 6.46. The minimum atomic E-state index is -3.52. The second kappa shape index (κ2) is 5.73. The van der Waals surface area contributed by atoms with Crippen molar-refractivity contribution in [2.75, 3.05) is 13.1 Å². The standard InChI is InChI=1S/C14H16N2O3S/c1-11(17)13-6-8-16(9-7-13)20(18,19)14-4-2-12(10-15)3-5-14/h2-5,13H,6-9H2,1H3. The van der Waals surface area contributed by atoms with E-state index in [4.69, 9.17) is 5.26 Å². The molecule has 2 rings (SSSR count). The van der Waals surface area contributed by atoms with Crippen LogP contribution in [0.3, 0.4) is 0 Å². The minimum absolute atomic E-state index is 0.0255. The third-order valence-electron chi connectivity index (χ3n) is 3.65. The van der Waals surface area contributed by atoms with Gasteiger partial charge in [0.2, 0.25) is 10.0 Å². The number of sulfonamides is 1. The smallest absolute Gasteiger partial charge is 0.243 e. The Balaban J connectivity index is 2.15. The van der Waals surface area contributed by atoms with Crippen LogP contribution in [0.25, 0.3) is 0 Å². The van der Waals surface area contributed by atoms with Crippen molar-refractivity contribution >= 4 is 15.8 Å². The summed E-state index contributed by atoms with van der Waals surface area (Å²) < 4.78 is 26.3. The lowest BCUT2D eigenvalue weighted by Gasteiger charge is -2.30. The van der Waals surface area contributed by atoms with Crippen LogP contribution in [0, 0.1) is 17.2 Å². The van der Waals surface area contributed by atoms with Gasteiger partial charge in [-0.25, -0.2) is 8.42 Å². The number of benzene rings is 1. The summed E-state index contributed by atoms with van der Waals surface area (Å²) in [7, 11) is -3.52. The van der Waals surface area contributed by atoms with Gasteiger partial charge in [-0.1, -0.05) is 0 Å². The van der Waals surface area contributed by atoms with Gasteiger partial charge in [0.05, 0.1) is 16.5 Å². The molecule has 20 heavy (non-hydrogen) atoms. The van der Waals surface area contributed by atoms with E-state index in [1.54, 1.807) is 6.92 Å². The molecule has 5 nitrogen and oxygen atoms in total. The van der Waals surface area contributed by atoms with Gasteiger partial charge < -0.3 is 0 Å². The van der Waals surface area contributed by atoms with E-state index < -0.39 is 10.0 Å². The maximum Gasteiger partial charge on any atom is 0.243 e. The predicted molar refractivity (Wildman–Crippen MR) is 73.3 cm³/mol. The molecule has 1 fully saturated rings. The quantitative estimate of drug-likeness (QED) is 0.846. The van der Waals surface area contributed by atoms with Gasteiger partial charge in [0.25, 0.3) is 0 Å². The Hall–Kier alpha value is -1.71. The van der Waals surface area contributed by atoms with Crippen LogP contribution in [0.4, 0.5) is 0 Å². The van der Waals surface area contributed by atoms with Gasteiger partial charge in [0.15, 0.2) is 0 Å². The number of carbonyl (C=O) groups is 1. The van der Waals surface area contributed by atoms with Crippen LogP contribution in [0.2, 0.25) is 0 Å². The molecule has 0 radical (unpaired) electrons. The number of hydrogen-bond acceptors (Lipinski definition) is 4. The molecule has 0 saturated carbocycles. The van der Waals surface area contributed by atoms with Gasteiger partial charge >= 0.3 is 0 Å². The van der Waals surface area contributed by atoms with Crippen molar-refractivity contribution in [3.63, 3.8) is 0 Å². The minimum Gasteiger partial charge on any atom is -0.300 e. The van der Waals surface area contributed by atoms with Crippen LogP contribution in [-0.2, 0) is 14.8 Å².